The number of halogens is 1. The molecule has 21 heavy (non-hydrogen) atoms. The third kappa shape index (κ3) is 2.47. The van der Waals surface area contributed by atoms with Gasteiger partial charge in [-0.05, 0) is 29.8 Å². The van der Waals surface area contributed by atoms with Crippen molar-refractivity contribution in [2.75, 3.05) is 5.73 Å². The van der Waals surface area contributed by atoms with Gasteiger partial charge in [0.15, 0.2) is 0 Å². The van der Waals surface area contributed by atoms with Gasteiger partial charge in [-0.2, -0.15) is 10.4 Å². The molecule has 0 saturated heterocycles. The first-order valence-corrected chi connectivity index (χ1v) is 6.66. The maximum Gasteiger partial charge on any atom is 0.103 e. The van der Waals surface area contributed by atoms with Crippen LogP contribution >= 0.6 is 11.6 Å². The Labute approximate surface area is 127 Å². The lowest BCUT2D eigenvalue weighted by atomic mass is 10.1. The second-order valence-corrected chi connectivity index (χ2v) is 4.95. The maximum atomic E-state index is 9.23. The molecule has 4 nitrogen and oxygen atoms in total. The summed E-state index contributed by atoms with van der Waals surface area (Å²) in [6.07, 6.45) is 3.58. The van der Waals surface area contributed by atoms with Crippen LogP contribution in [0.5, 0.6) is 0 Å². The Kier molecular flexibility index (Phi) is 3.35. The number of benzene rings is 2. The summed E-state index contributed by atoms with van der Waals surface area (Å²) in [6.45, 7) is 0. The highest BCUT2D eigenvalue weighted by Gasteiger charge is 2.10. The van der Waals surface area contributed by atoms with Gasteiger partial charge < -0.3 is 5.73 Å². The molecule has 0 aliphatic carbocycles. The van der Waals surface area contributed by atoms with Gasteiger partial charge in [0.1, 0.15) is 6.07 Å². The van der Waals surface area contributed by atoms with Crippen LogP contribution in [-0.2, 0) is 0 Å². The van der Waals surface area contributed by atoms with E-state index in [1.165, 1.54) is 0 Å². The van der Waals surface area contributed by atoms with Gasteiger partial charge in [0.05, 0.1) is 22.5 Å². The van der Waals surface area contributed by atoms with Crippen LogP contribution in [0.15, 0.2) is 54.9 Å². The molecule has 0 aliphatic rings. The number of hydrogen-bond acceptors (Lipinski definition) is 3. The summed E-state index contributed by atoms with van der Waals surface area (Å²) < 4.78 is 1.64. The molecule has 0 amide bonds. The molecule has 0 saturated carbocycles. The lowest BCUT2D eigenvalue weighted by Crippen LogP contribution is -1.98. The van der Waals surface area contributed by atoms with E-state index in [1.807, 2.05) is 30.5 Å². The monoisotopic (exact) mass is 294 g/mol. The summed E-state index contributed by atoms with van der Waals surface area (Å²) in [5.74, 6) is 0. The normalized spacial score (nSPS) is 10.3. The van der Waals surface area contributed by atoms with E-state index >= 15 is 0 Å². The average Bonchev–Trinajstić information content (AvgIpc) is 2.96. The average molecular weight is 295 g/mol. The van der Waals surface area contributed by atoms with E-state index in [0.717, 1.165) is 11.1 Å². The quantitative estimate of drug-likeness (QED) is 0.734. The SMILES string of the molecule is N#Cc1c(Cl)cccc1-n1cc(-c2cccc(N)c2)cn1. The van der Waals surface area contributed by atoms with Crippen LogP contribution in [-0.4, -0.2) is 9.78 Å². The van der Waals surface area contributed by atoms with Gasteiger partial charge in [-0.1, -0.05) is 29.8 Å². The van der Waals surface area contributed by atoms with Crippen molar-refractivity contribution in [3.8, 4) is 22.9 Å². The number of nitrogens with zero attached hydrogens (tertiary/aromatic N) is 3. The molecular weight excluding hydrogens is 284 g/mol. The van der Waals surface area contributed by atoms with Crippen molar-refractivity contribution in [1.82, 2.24) is 9.78 Å². The molecule has 0 bridgehead atoms. The predicted molar refractivity (Wildman–Crippen MR) is 83.1 cm³/mol. The van der Waals surface area contributed by atoms with Crippen LogP contribution in [0.25, 0.3) is 16.8 Å². The Balaban J connectivity index is 2.08. The molecule has 3 rings (SSSR count). The van der Waals surface area contributed by atoms with Crippen LogP contribution in [0, 0.1) is 11.3 Å². The highest BCUT2D eigenvalue weighted by Crippen LogP contribution is 2.25. The van der Waals surface area contributed by atoms with Crippen LogP contribution in [0.1, 0.15) is 5.56 Å². The Morgan fingerprint density at radius 2 is 1.95 bits per heavy atom. The van der Waals surface area contributed by atoms with E-state index in [-0.39, 0.29) is 0 Å². The summed E-state index contributed by atoms with van der Waals surface area (Å²) in [5, 5.41) is 13.9. The van der Waals surface area contributed by atoms with Gasteiger partial charge in [-0.3, -0.25) is 0 Å². The fourth-order valence-corrected chi connectivity index (χ4v) is 2.35. The van der Waals surface area contributed by atoms with Gasteiger partial charge in [-0.15, -0.1) is 0 Å². The predicted octanol–water partition coefficient (Wildman–Crippen LogP) is 3.65. The minimum absolute atomic E-state index is 0.404. The van der Waals surface area contributed by atoms with Crippen LogP contribution in [0.4, 0.5) is 5.69 Å². The summed E-state index contributed by atoms with van der Waals surface area (Å²) in [6, 6.07) is 15.0. The smallest absolute Gasteiger partial charge is 0.103 e. The largest absolute Gasteiger partial charge is 0.399 e. The van der Waals surface area contributed by atoms with Crippen molar-refractivity contribution < 1.29 is 0 Å². The minimum atomic E-state index is 0.404. The second kappa shape index (κ2) is 5.31. The molecular formula is C16H11ClN4. The molecule has 2 N–H and O–H groups in total. The zero-order chi connectivity index (χ0) is 14.8. The summed E-state index contributed by atoms with van der Waals surface area (Å²) >= 11 is 6.04. The van der Waals surface area contributed by atoms with Crippen molar-refractivity contribution >= 4 is 17.3 Å². The summed E-state index contributed by atoms with van der Waals surface area (Å²) in [4.78, 5) is 0. The number of rotatable bonds is 2. The van der Waals surface area contributed by atoms with E-state index in [1.54, 1.807) is 29.1 Å². The highest BCUT2D eigenvalue weighted by molar-refractivity contribution is 6.32. The third-order valence-corrected chi connectivity index (χ3v) is 3.47. The number of hydrogen-bond donors (Lipinski definition) is 1. The van der Waals surface area contributed by atoms with E-state index < -0.39 is 0 Å². The lowest BCUT2D eigenvalue weighted by molar-refractivity contribution is 0.877. The minimum Gasteiger partial charge on any atom is -0.399 e. The molecule has 0 fully saturated rings. The zero-order valence-corrected chi connectivity index (χ0v) is 11.7. The molecule has 0 aliphatic heterocycles. The Bertz CT molecular complexity index is 845. The summed E-state index contributed by atoms with van der Waals surface area (Å²) in [7, 11) is 0. The Hall–Kier alpha value is -2.77. The van der Waals surface area contributed by atoms with Crippen molar-refractivity contribution in [3.63, 3.8) is 0 Å². The van der Waals surface area contributed by atoms with Crippen molar-refractivity contribution in [3.05, 3.63) is 65.4 Å². The van der Waals surface area contributed by atoms with Crippen molar-refractivity contribution in [2.45, 2.75) is 0 Å². The van der Waals surface area contributed by atoms with Crippen molar-refractivity contribution in [2.24, 2.45) is 0 Å². The fraction of sp³-hybridized carbons (Fsp3) is 0. The molecule has 0 atom stereocenters. The maximum absolute atomic E-state index is 9.23. The zero-order valence-electron chi connectivity index (χ0n) is 11.0. The number of nitrogen functional groups attached to an aromatic ring is 1. The van der Waals surface area contributed by atoms with E-state index in [2.05, 4.69) is 11.2 Å². The van der Waals surface area contributed by atoms with Crippen LogP contribution in [0.2, 0.25) is 5.02 Å². The number of aromatic nitrogens is 2. The van der Waals surface area contributed by atoms with Gasteiger partial charge in [0, 0.05) is 17.4 Å². The molecule has 1 heterocycles. The molecule has 2 aromatic carbocycles. The summed E-state index contributed by atoms with van der Waals surface area (Å²) in [5.41, 5.74) is 9.44. The number of nitrogens with two attached hydrogens (primary N) is 1. The van der Waals surface area contributed by atoms with Crippen LogP contribution in [0.3, 0.4) is 0 Å². The first-order chi connectivity index (χ1) is 10.2. The van der Waals surface area contributed by atoms with Gasteiger partial charge in [-0.25, -0.2) is 4.68 Å². The molecule has 0 radical (unpaired) electrons. The van der Waals surface area contributed by atoms with Gasteiger partial charge in [0.25, 0.3) is 0 Å². The molecule has 5 heteroatoms. The lowest BCUT2D eigenvalue weighted by Gasteiger charge is -2.05. The van der Waals surface area contributed by atoms with Gasteiger partial charge in [0.2, 0.25) is 0 Å². The molecule has 102 valence electrons. The molecule has 3 aromatic rings. The highest BCUT2D eigenvalue weighted by atomic mass is 35.5. The molecule has 1 aromatic heterocycles. The van der Waals surface area contributed by atoms with Gasteiger partial charge >= 0.3 is 0 Å². The van der Waals surface area contributed by atoms with E-state index in [0.29, 0.717) is 22.0 Å². The first kappa shape index (κ1) is 13.2. The molecule has 0 spiro atoms. The Morgan fingerprint density at radius 3 is 2.71 bits per heavy atom. The van der Waals surface area contributed by atoms with Crippen LogP contribution < -0.4 is 5.73 Å². The topological polar surface area (TPSA) is 67.6 Å². The van der Waals surface area contributed by atoms with Crippen molar-refractivity contribution in [1.29, 1.82) is 5.26 Å². The fourth-order valence-electron chi connectivity index (χ4n) is 2.14. The van der Waals surface area contributed by atoms with E-state index in [9.17, 15) is 5.26 Å². The first-order valence-electron chi connectivity index (χ1n) is 6.28. The standard InChI is InChI=1S/C16H11ClN4/c17-15-5-2-6-16(14(15)8-18)21-10-12(9-20-21)11-3-1-4-13(19)7-11/h1-7,9-10H,19H2. The Morgan fingerprint density at radius 1 is 1.14 bits per heavy atom. The van der Waals surface area contributed by atoms with E-state index in [4.69, 9.17) is 17.3 Å². The second-order valence-electron chi connectivity index (χ2n) is 4.54. The molecule has 0 unspecified atom stereocenters. The third-order valence-electron chi connectivity index (χ3n) is 3.15. The number of anilines is 1. The number of nitriles is 1.